The summed E-state index contributed by atoms with van der Waals surface area (Å²) in [5.74, 6) is 0.949. The van der Waals surface area contributed by atoms with Crippen LogP contribution in [0.25, 0.3) is 12.2 Å². The maximum atomic E-state index is 6.04. The summed E-state index contributed by atoms with van der Waals surface area (Å²) in [5, 5.41) is 4.44. The number of benzene rings is 5. The van der Waals surface area contributed by atoms with Crippen molar-refractivity contribution in [3.05, 3.63) is 157 Å². The molecule has 0 aliphatic carbocycles. The Balaban J connectivity index is 1.11. The largest absolute Gasteiger partial charge is 0.494 e. The lowest BCUT2D eigenvalue weighted by atomic mass is 10.1. The van der Waals surface area contributed by atoms with Crippen LogP contribution in [0.4, 0.5) is 0 Å². The fourth-order valence-corrected chi connectivity index (χ4v) is 9.90. The smallest absolute Gasteiger partial charge is 0.119 e. The zero-order valence-corrected chi connectivity index (χ0v) is 24.7. The minimum atomic E-state index is -1.71. The molecule has 0 atom stereocenters. The first-order chi connectivity index (χ1) is 20.3. The van der Waals surface area contributed by atoms with Gasteiger partial charge in [-0.05, 0) is 78.9 Å². The maximum Gasteiger partial charge on any atom is 0.119 e. The molecule has 0 amide bonds. The summed E-state index contributed by atoms with van der Waals surface area (Å²) >= 11 is 0. The van der Waals surface area contributed by atoms with Crippen molar-refractivity contribution in [1.82, 2.24) is 0 Å². The normalized spacial score (nSPS) is 11.5. The second kappa shape index (κ2) is 15.2. The summed E-state index contributed by atoms with van der Waals surface area (Å²) in [6.45, 7) is 0.772. The first kappa shape index (κ1) is 28.6. The SMILES string of the molecule is C(=C\c1ccc(OCCCCCCC[P+](c2ccccc2)(c2ccccc2)c2ccccc2)cc1)/c1ccccc1. The Morgan fingerprint density at radius 3 is 1.34 bits per heavy atom. The molecule has 0 bridgehead atoms. The second-order valence-electron chi connectivity index (χ2n) is 10.5. The van der Waals surface area contributed by atoms with Crippen LogP contribution < -0.4 is 20.7 Å². The van der Waals surface area contributed by atoms with Crippen molar-refractivity contribution in [2.75, 3.05) is 12.8 Å². The van der Waals surface area contributed by atoms with Gasteiger partial charge in [-0.2, -0.15) is 0 Å². The number of ether oxygens (including phenoxy) is 1. The minimum Gasteiger partial charge on any atom is -0.494 e. The molecule has 2 heteroatoms. The number of hydrogen-bond donors (Lipinski definition) is 0. The fraction of sp³-hybridized carbons (Fsp3) is 0.179. The van der Waals surface area contributed by atoms with E-state index in [2.05, 4.69) is 152 Å². The van der Waals surface area contributed by atoms with Gasteiger partial charge in [0, 0.05) is 0 Å². The maximum absolute atomic E-state index is 6.04. The quantitative estimate of drug-likeness (QED) is 0.0754. The Morgan fingerprint density at radius 2 is 0.829 bits per heavy atom. The molecule has 1 nitrogen and oxygen atoms in total. The zero-order chi connectivity index (χ0) is 28.0. The Bertz CT molecular complexity index is 1350. The molecule has 206 valence electrons. The predicted molar refractivity (Wildman–Crippen MR) is 180 cm³/mol. The molecular formula is C39H40OP+. The highest BCUT2D eigenvalue weighted by Crippen LogP contribution is 2.56. The monoisotopic (exact) mass is 555 g/mol. The molecule has 0 aliphatic heterocycles. The number of unbranched alkanes of at least 4 members (excludes halogenated alkanes) is 4. The van der Waals surface area contributed by atoms with E-state index in [1.807, 2.05) is 6.07 Å². The van der Waals surface area contributed by atoms with Crippen molar-refractivity contribution in [3.63, 3.8) is 0 Å². The molecule has 0 heterocycles. The van der Waals surface area contributed by atoms with Crippen LogP contribution >= 0.6 is 7.26 Å². The fourth-order valence-electron chi connectivity index (χ4n) is 5.49. The van der Waals surface area contributed by atoms with Crippen molar-refractivity contribution < 1.29 is 4.74 Å². The van der Waals surface area contributed by atoms with Gasteiger partial charge >= 0.3 is 0 Å². The molecule has 0 radical (unpaired) electrons. The average Bonchev–Trinajstić information content (AvgIpc) is 3.05. The first-order valence-electron chi connectivity index (χ1n) is 14.9. The molecule has 0 saturated carbocycles. The molecule has 5 rings (SSSR count). The van der Waals surface area contributed by atoms with Crippen LogP contribution in [0.1, 0.15) is 43.2 Å². The Labute approximate surface area is 246 Å². The van der Waals surface area contributed by atoms with Crippen LogP contribution in [0, 0.1) is 0 Å². The first-order valence-corrected chi connectivity index (χ1v) is 16.8. The number of rotatable bonds is 14. The summed E-state index contributed by atoms with van der Waals surface area (Å²) in [6, 6.07) is 52.4. The summed E-state index contributed by atoms with van der Waals surface area (Å²) in [7, 11) is -1.71. The van der Waals surface area contributed by atoms with Gasteiger partial charge in [0.1, 0.15) is 28.9 Å². The van der Waals surface area contributed by atoms with E-state index in [-0.39, 0.29) is 0 Å². The third-order valence-electron chi connectivity index (χ3n) is 7.65. The van der Waals surface area contributed by atoms with Crippen LogP contribution in [0.2, 0.25) is 0 Å². The van der Waals surface area contributed by atoms with Crippen molar-refractivity contribution in [3.8, 4) is 5.75 Å². The molecular weight excluding hydrogens is 515 g/mol. The minimum absolute atomic E-state index is 0.772. The van der Waals surface area contributed by atoms with Gasteiger partial charge in [-0.25, -0.2) is 0 Å². The van der Waals surface area contributed by atoms with Gasteiger partial charge in [0.15, 0.2) is 0 Å². The lowest BCUT2D eigenvalue weighted by Gasteiger charge is -2.27. The molecule has 5 aromatic carbocycles. The van der Waals surface area contributed by atoms with Crippen LogP contribution in [0.5, 0.6) is 5.75 Å². The topological polar surface area (TPSA) is 9.23 Å². The molecule has 0 saturated heterocycles. The molecule has 0 aliphatic rings. The summed E-state index contributed by atoms with van der Waals surface area (Å²) < 4.78 is 6.04. The van der Waals surface area contributed by atoms with Crippen molar-refractivity contribution in [2.45, 2.75) is 32.1 Å². The molecule has 0 fully saturated rings. The standard InChI is InChI=1S/C39H40OP/c1(2-16-32-40-36-30-28-35(29-31-36)27-26-34-18-8-4-9-19-34)3-17-33-41(37-20-10-5-11-21-37,38-22-12-6-13-23-38)39-24-14-7-15-25-39/h4-15,18-31H,1-3,16-17,32-33H2/q+1/b27-26+. The molecule has 0 aromatic heterocycles. The van der Waals surface area contributed by atoms with E-state index in [0.717, 1.165) is 18.8 Å². The lowest BCUT2D eigenvalue weighted by molar-refractivity contribution is 0.304. The summed E-state index contributed by atoms with van der Waals surface area (Å²) in [6.07, 6.45) is 11.5. The van der Waals surface area contributed by atoms with E-state index in [1.165, 1.54) is 58.9 Å². The van der Waals surface area contributed by atoms with Gasteiger partial charge in [-0.15, -0.1) is 0 Å². The van der Waals surface area contributed by atoms with Crippen molar-refractivity contribution >= 4 is 35.3 Å². The Kier molecular flexibility index (Phi) is 10.6. The third-order valence-corrected chi connectivity index (χ3v) is 12.2. The van der Waals surface area contributed by atoms with E-state index in [4.69, 9.17) is 4.74 Å². The predicted octanol–water partition coefficient (Wildman–Crippen LogP) is 9.18. The van der Waals surface area contributed by atoms with Gasteiger partial charge in [0.05, 0.1) is 12.8 Å². The van der Waals surface area contributed by atoms with Gasteiger partial charge < -0.3 is 4.74 Å². The van der Waals surface area contributed by atoms with Gasteiger partial charge in [0.2, 0.25) is 0 Å². The van der Waals surface area contributed by atoms with Crippen molar-refractivity contribution in [2.24, 2.45) is 0 Å². The third kappa shape index (κ3) is 7.84. The molecule has 0 unspecified atom stereocenters. The molecule has 5 aromatic rings. The van der Waals surface area contributed by atoms with Crippen LogP contribution in [0.15, 0.2) is 146 Å². The highest BCUT2D eigenvalue weighted by molar-refractivity contribution is 7.95. The second-order valence-corrected chi connectivity index (χ2v) is 14.1. The lowest BCUT2D eigenvalue weighted by Crippen LogP contribution is -2.33. The average molecular weight is 556 g/mol. The number of hydrogen-bond acceptors (Lipinski definition) is 1. The Morgan fingerprint density at radius 1 is 0.415 bits per heavy atom. The highest BCUT2D eigenvalue weighted by atomic mass is 31.2. The Hall–Kier alpha value is -3.93. The van der Waals surface area contributed by atoms with Crippen LogP contribution in [-0.2, 0) is 0 Å². The van der Waals surface area contributed by atoms with Crippen LogP contribution in [-0.4, -0.2) is 12.8 Å². The summed E-state index contributed by atoms with van der Waals surface area (Å²) in [5.41, 5.74) is 2.39. The molecule has 41 heavy (non-hydrogen) atoms. The van der Waals surface area contributed by atoms with E-state index >= 15 is 0 Å². The van der Waals surface area contributed by atoms with E-state index in [0.29, 0.717) is 0 Å². The van der Waals surface area contributed by atoms with Gasteiger partial charge in [-0.3, -0.25) is 0 Å². The molecule has 0 spiro atoms. The van der Waals surface area contributed by atoms with Gasteiger partial charge in [-0.1, -0.05) is 122 Å². The van der Waals surface area contributed by atoms with E-state index < -0.39 is 7.26 Å². The van der Waals surface area contributed by atoms with Gasteiger partial charge in [0.25, 0.3) is 0 Å². The van der Waals surface area contributed by atoms with Crippen molar-refractivity contribution in [1.29, 1.82) is 0 Å². The molecule has 0 N–H and O–H groups in total. The van der Waals surface area contributed by atoms with E-state index in [1.54, 1.807) is 0 Å². The summed E-state index contributed by atoms with van der Waals surface area (Å²) in [4.78, 5) is 0. The van der Waals surface area contributed by atoms with Crippen LogP contribution in [0.3, 0.4) is 0 Å². The van der Waals surface area contributed by atoms with E-state index in [9.17, 15) is 0 Å². The highest BCUT2D eigenvalue weighted by Gasteiger charge is 2.44. The zero-order valence-electron chi connectivity index (χ0n) is 23.8.